The quantitative estimate of drug-likeness (QED) is 0.916. The Morgan fingerprint density at radius 2 is 2.18 bits per heavy atom. The molecule has 1 aliphatic carbocycles. The summed E-state index contributed by atoms with van der Waals surface area (Å²) in [6.45, 7) is 6.50. The van der Waals surface area contributed by atoms with Gasteiger partial charge in [0, 0.05) is 35.3 Å². The van der Waals surface area contributed by atoms with E-state index in [2.05, 4.69) is 36.2 Å². The third-order valence-corrected chi connectivity index (χ3v) is 6.03. The average molecular weight is 318 g/mol. The first-order valence-corrected chi connectivity index (χ1v) is 9.50. The summed E-state index contributed by atoms with van der Waals surface area (Å²) in [4.78, 5) is 16.3. The van der Waals surface area contributed by atoms with Crippen LogP contribution >= 0.6 is 11.8 Å². The molecule has 3 rings (SSSR count). The van der Waals surface area contributed by atoms with Crippen LogP contribution in [0, 0.1) is 5.92 Å². The number of benzene rings is 1. The normalized spacial score (nSPS) is 24.7. The van der Waals surface area contributed by atoms with E-state index in [9.17, 15) is 4.79 Å². The molecule has 0 aromatic heterocycles. The molecule has 120 valence electrons. The second kappa shape index (κ2) is 6.95. The Balaban J connectivity index is 1.75. The molecule has 1 amide bonds. The van der Waals surface area contributed by atoms with Gasteiger partial charge in [-0.1, -0.05) is 19.8 Å². The van der Waals surface area contributed by atoms with Gasteiger partial charge in [0.25, 0.3) is 5.91 Å². The molecule has 2 aliphatic rings. The molecule has 1 aromatic carbocycles. The van der Waals surface area contributed by atoms with E-state index in [1.165, 1.54) is 29.8 Å². The maximum Gasteiger partial charge on any atom is 0.251 e. The van der Waals surface area contributed by atoms with Gasteiger partial charge < -0.3 is 10.2 Å². The second-order valence-electron chi connectivity index (χ2n) is 6.45. The predicted octanol–water partition coefficient (Wildman–Crippen LogP) is 3.93. The Morgan fingerprint density at radius 3 is 2.95 bits per heavy atom. The Kier molecular flexibility index (Phi) is 4.97. The minimum Gasteiger partial charge on any atom is -0.370 e. The molecule has 0 spiro atoms. The van der Waals surface area contributed by atoms with Crippen LogP contribution in [0.2, 0.25) is 0 Å². The SMILES string of the molecule is CCN1CCSc2ccc(C(=O)N[C@H]3CCCC[C@H]3C)cc21. The Hall–Kier alpha value is -1.16. The molecule has 1 N–H and O–H groups in total. The van der Waals surface area contributed by atoms with Crippen LogP contribution in [-0.2, 0) is 0 Å². The van der Waals surface area contributed by atoms with Crippen molar-refractivity contribution in [2.45, 2.75) is 50.5 Å². The van der Waals surface area contributed by atoms with Crippen LogP contribution in [0.1, 0.15) is 49.9 Å². The molecular weight excluding hydrogens is 292 g/mol. The van der Waals surface area contributed by atoms with Gasteiger partial charge in [0.15, 0.2) is 0 Å². The number of fused-ring (bicyclic) bond motifs is 1. The number of hydrogen-bond acceptors (Lipinski definition) is 3. The monoisotopic (exact) mass is 318 g/mol. The molecule has 1 aromatic rings. The fourth-order valence-electron chi connectivity index (χ4n) is 3.52. The van der Waals surface area contributed by atoms with Gasteiger partial charge in [-0.2, -0.15) is 0 Å². The minimum atomic E-state index is 0.0909. The molecule has 0 bridgehead atoms. The van der Waals surface area contributed by atoms with E-state index in [-0.39, 0.29) is 5.91 Å². The van der Waals surface area contributed by atoms with Gasteiger partial charge in [0.1, 0.15) is 0 Å². The summed E-state index contributed by atoms with van der Waals surface area (Å²) in [7, 11) is 0. The molecule has 1 heterocycles. The summed E-state index contributed by atoms with van der Waals surface area (Å²) >= 11 is 1.89. The van der Waals surface area contributed by atoms with Gasteiger partial charge in [0.2, 0.25) is 0 Å². The summed E-state index contributed by atoms with van der Waals surface area (Å²) in [5.41, 5.74) is 2.03. The lowest BCUT2D eigenvalue weighted by Crippen LogP contribution is -2.41. The highest BCUT2D eigenvalue weighted by Gasteiger charge is 2.24. The van der Waals surface area contributed by atoms with Crippen LogP contribution < -0.4 is 10.2 Å². The Labute approximate surface area is 137 Å². The van der Waals surface area contributed by atoms with Crippen LogP contribution in [-0.4, -0.2) is 30.8 Å². The standard InChI is InChI=1S/C18H26N2OS/c1-3-20-10-11-22-17-9-8-14(12-16(17)20)18(21)19-15-7-5-4-6-13(15)2/h8-9,12-13,15H,3-7,10-11H2,1-2H3,(H,19,21)/t13-,15+/m1/s1. The lowest BCUT2D eigenvalue weighted by atomic mass is 9.86. The van der Waals surface area contributed by atoms with Gasteiger partial charge in [-0.15, -0.1) is 11.8 Å². The molecule has 0 saturated heterocycles. The Bertz CT molecular complexity index is 546. The maximum absolute atomic E-state index is 12.6. The summed E-state index contributed by atoms with van der Waals surface area (Å²) in [5, 5.41) is 3.26. The minimum absolute atomic E-state index is 0.0909. The highest BCUT2D eigenvalue weighted by Crippen LogP contribution is 2.35. The maximum atomic E-state index is 12.6. The van der Waals surface area contributed by atoms with Crippen LogP contribution in [0.25, 0.3) is 0 Å². The van der Waals surface area contributed by atoms with Gasteiger partial charge in [-0.25, -0.2) is 0 Å². The van der Waals surface area contributed by atoms with E-state index in [0.717, 1.165) is 30.8 Å². The van der Waals surface area contributed by atoms with Crippen LogP contribution in [0.15, 0.2) is 23.1 Å². The Morgan fingerprint density at radius 1 is 1.36 bits per heavy atom. The number of carbonyl (C=O) groups is 1. The largest absolute Gasteiger partial charge is 0.370 e. The third kappa shape index (κ3) is 3.27. The molecule has 0 radical (unpaired) electrons. The smallest absolute Gasteiger partial charge is 0.251 e. The molecule has 2 atom stereocenters. The highest BCUT2D eigenvalue weighted by molar-refractivity contribution is 7.99. The fraction of sp³-hybridized carbons (Fsp3) is 0.611. The predicted molar refractivity (Wildman–Crippen MR) is 93.9 cm³/mol. The average Bonchev–Trinajstić information content (AvgIpc) is 2.55. The van der Waals surface area contributed by atoms with E-state index in [0.29, 0.717) is 12.0 Å². The number of nitrogens with zero attached hydrogens (tertiary/aromatic N) is 1. The molecular formula is C18H26N2OS. The van der Waals surface area contributed by atoms with Gasteiger partial charge in [0.05, 0.1) is 5.69 Å². The number of amides is 1. The molecule has 1 aliphatic heterocycles. The zero-order chi connectivity index (χ0) is 15.5. The number of nitrogens with one attached hydrogen (secondary N) is 1. The molecule has 1 saturated carbocycles. The molecule has 1 fully saturated rings. The second-order valence-corrected chi connectivity index (χ2v) is 7.59. The molecule has 22 heavy (non-hydrogen) atoms. The number of thioether (sulfide) groups is 1. The highest BCUT2D eigenvalue weighted by atomic mass is 32.2. The van der Waals surface area contributed by atoms with Crippen molar-refractivity contribution in [3.63, 3.8) is 0 Å². The lowest BCUT2D eigenvalue weighted by Gasteiger charge is -2.31. The van der Waals surface area contributed by atoms with Crippen molar-refractivity contribution < 1.29 is 4.79 Å². The number of anilines is 1. The fourth-order valence-corrected chi connectivity index (χ4v) is 4.56. The van der Waals surface area contributed by atoms with Crippen molar-refractivity contribution >= 4 is 23.4 Å². The number of rotatable bonds is 3. The summed E-state index contributed by atoms with van der Waals surface area (Å²) in [6.07, 6.45) is 4.89. The first-order chi connectivity index (χ1) is 10.7. The van der Waals surface area contributed by atoms with Crippen molar-refractivity contribution in [3.05, 3.63) is 23.8 Å². The molecule has 0 unspecified atom stereocenters. The van der Waals surface area contributed by atoms with Crippen LogP contribution in [0.5, 0.6) is 0 Å². The number of hydrogen-bond donors (Lipinski definition) is 1. The van der Waals surface area contributed by atoms with E-state index in [4.69, 9.17) is 0 Å². The van der Waals surface area contributed by atoms with Gasteiger partial charge in [-0.3, -0.25) is 4.79 Å². The third-order valence-electron chi connectivity index (χ3n) is 4.99. The van der Waals surface area contributed by atoms with Crippen molar-refractivity contribution in [1.82, 2.24) is 5.32 Å². The zero-order valence-electron chi connectivity index (χ0n) is 13.6. The molecule has 3 nitrogen and oxygen atoms in total. The van der Waals surface area contributed by atoms with Crippen molar-refractivity contribution in [2.75, 3.05) is 23.7 Å². The van der Waals surface area contributed by atoms with E-state index in [1.54, 1.807) is 0 Å². The zero-order valence-corrected chi connectivity index (χ0v) is 14.4. The first kappa shape index (κ1) is 15.7. The van der Waals surface area contributed by atoms with Crippen molar-refractivity contribution in [1.29, 1.82) is 0 Å². The van der Waals surface area contributed by atoms with Crippen LogP contribution in [0.3, 0.4) is 0 Å². The van der Waals surface area contributed by atoms with Crippen molar-refractivity contribution in [3.8, 4) is 0 Å². The van der Waals surface area contributed by atoms with Crippen LogP contribution in [0.4, 0.5) is 5.69 Å². The summed E-state index contributed by atoms with van der Waals surface area (Å²) in [6, 6.07) is 6.51. The summed E-state index contributed by atoms with van der Waals surface area (Å²) in [5.74, 6) is 1.82. The topological polar surface area (TPSA) is 32.3 Å². The lowest BCUT2D eigenvalue weighted by molar-refractivity contribution is 0.0910. The van der Waals surface area contributed by atoms with Gasteiger partial charge in [-0.05, 0) is 43.9 Å². The van der Waals surface area contributed by atoms with E-state index in [1.807, 2.05) is 17.8 Å². The summed E-state index contributed by atoms with van der Waals surface area (Å²) < 4.78 is 0. The number of carbonyl (C=O) groups excluding carboxylic acids is 1. The van der Waals surface area contributed by atoms with Crippen molar-refractivity contribution in [2.24, 2.45) is 5.92 Å². The first-order valence-electron chi connectivity index (χ1n) is 8.51. The molecule has 4 heteroatoms. The van der Waals surface area contributed by atoms with E-state index < -0.39 is 0 Å². The van der Waals surface area contributed by atoms with Gasteiger partial charge >= 0.3 is 0 Å². The van der Waals surface area contributed by atoms with E-state index >= 15 is 0 Å².